The smallest absolute Gasteiger partial charge is 0.231 e. The van der Waals surface area contributed by atoms with Crippen molar-refractivity contribution in [1.29, 1.82) is 0 Å². The Morgan fingerprint density at radius 2 is 1.89 bits per heavy atom. The van der Waals surface area contributed by atoms with Crippen LogP contribution in [0.1, 0.15) is 31.7 Å². The molecular weight excluding hydrogens is 455 g/mol. The molecule has 3 rings (SSSR count). The summed E-state index contributed by atoms with van der Waals surface area (Å²) in [6, 6.07) is 6.13. The fraction of sp³-hybridized carbons (Fsp3) is 0.650. The second kappa shape index (κ2) is 11.6. The second-order valence-electron chi connectivity index (χ2n) is 7.03. The van der Waals surface area contributed by atoms with Crippen molar-refractivity contribution >= 4 is 29.9 Å². The van der Waals surface area contributed by atoms with Gasteiger partial charge in [0.1, 0.15) is 0 Å². The van der Waals surface area contributed by atoms with Gasteiger partial charge in [0.15, 0.2) is 17.5 Å². The van der Waals surface area contributed by atoms with Crippen LogP contribution >= 0.6 is 24.0 Å². The number of hydrogen-bond acceptors (Lipinski definition) is 4. The van der Waals surface area contributed by atoms with Gasteiger partial charge in [0.05, 0.1) is 0 Å². The van der Waals surface area contributed by atoms with E-state index in [1.165, 1.54) is 44.5 Å². The lowest BCUT2D eigenvalue weighted by atomic mass is 9.93. The van der Waals surface area contributed by atoms with Crippen LogP contribution in [0.15, 0.2) is 23.2 Å². The summed E-state index contributed by atoms with van der Waals surface area (Å²) in [6.07, 6.45) is 4.80. The first kappa shape index (κ1) is 22.1. The summed E-state index contributed by atoms with van der Waals surface area (Å²) >= 11 is 0. The van der Waals surface area contributed by atoms with Crippen molar-refractivity contribution in [1.82, 2.24) is 15.5 Å². The van der Waals surface area contributed by atoms with Gasteiger partial charge in [-0.3, -0.25) is 4.99 Å². The Kier molecular flexibility index (Phi) is 9.47. The van der Waals surface area contributed by atoms with Crippen LogP contribution in [0, 0.1) is 5.92 Å². The minimum Gasteiger partial charge on any atom is -0.454 e. The van der Waals surface area contributed by atoms with Gasteiger partial charge in [0.2, 0.25) is 6.79 Å². The first-order valence-electron chi connectivity index (χ1n) is 9.84. The fourth-order valence-corrected chi connectivity index (χ4v) is 3.63. The molecule has 0 atom stereocenters. The van der Waals surface area contributed by atoms with Crippen LogP contribution in [0.3, 0.4) is 0 Å². The maximum atomic E-state index is 5.43. The van der Waals surface area contributed by atoms with E-state index in [1.54, 1.807) is 0 Å². The summed E-state index contributed by atoms with van der Waals surface area (Å²) in [4.78, 5) is 6.87. The molecule has 1 saturated heterocycles. The summed E-state index contributed by atoms with van der Waals surface area (Å²) < 4.78 is 10.8. The average Bonchev–Trinajstić information content (AvgIpc) is 3.15. The van der Waals surface area contributed by atoms with Gasteiger partial charge in [-0.15, -0.1) is 24.0 Å². The number of piperidine rings is 1. The molecule has 0 unspecified atom stereocenters. The zero-order valence-corrected chi connectivity index (χ0v) is 18.8. The van der Waals surface area contributed by atoms with Crippen LogP contribution in [-0.4, -0.2) is 57.4 Å². The van der Waals surface area contributed by atoms with Crippen molar-refractivity contribution in [3.63, 3.8) is 0 Å². The van der Waals surface area contributed by atoms with Crippen molar-refractivity contribution in [3.05, 3.63) is 23.8 Å². The largest absolute Gasteiger partial charge is 0.454 e. The second-order valence-corrected chi connectivity index (χ2v) is 7.03. The molecule has 0 saturated carbocycles. The van der Waals surface area contributed by atoms with Crippen LogP contribution in [0.2, 0.25) is 0 Å². The molecule has 0 spiro atoms. The zero-order valence-electron chi connectivity index (χ0n) is 16.5. The first-order chi connectivity index (χ1) is 12.8. The van der Waals surface area contributed by atoms with Crippen molar-refractivity contribution < 1.29 is 9.47 Å². The number of nitrogens with zero attached hydrogens (tertiary/aromatic N) is 2. The SMILES string of the molecule is CCN1CCC(CCNC(=NC)NCCc2ccc3c(c2)OCO3)CC1.I. The Morgan fingerprint density at radius 1 is 1.15 bits per heavy atom. The molecule has 1 aromatic carbocycles. The molecule has 1 aromatic rings. The Morgan fingerprint density at radius 3 is 2.63 bits per heavy atom. The Bertz CT molecular complexity index is 604. The molecule has 0 amide bonds. The summed E-state index contributed by atoms with van der Waals surface area (Å²) in [5.41, 5.74) is 1.24. The van der Waals surface area contributed by atoms with E-state index < -0.39 is 0 Å². The number of fused-ring (bicyclic) bond motifs is 1. The highest BCUT2D eigenvalue weighted by molar-refractivity contribution is 14.0. The molecule has 7 heteroatoms. The maximum absolute atomic E-state index is 5.43. The molecule has 1 fully saturated rings. The first-order valence-corrected chi connectivity index (χ1v) is 9.84. The van der Waals surface area contributed by atoms with Gasteiger partial charge in [-0.2, -0.15) is 0 Å². The topological polar surface area (TPSA) is 58.1 Å². The zero-order chi connectivity index (χ0) is 18.2. The molecule has 0 aromatic heterocycles. The van der Waals surface area contributed by atoms with Gasteiger partial charge >= 0.3 is 0 Å². The summed E-state index contributed by atoms with van der Waals surface area (Å²) in [5, 5.41) is 6.85. The van der Waals surface area contributed by atoms with Crippen molar-refractivity contribution in [2.24, 2.45) is 10.9 Å². The minimum atomic E-state index is 0. The predicted octanol–water partition coefficient (Wildman–Crippen LogP) is 2.86. The minimum absolute atomic E-state index is 0. The van der Waals surface area contributed by atoms with Crippen LogP contribution in [0.25, 0.3) is 0 Å². The predicted molar refractivity (Wildman–Crippen MR) is 121 cm³/mol. The normalized spacial score (nSPS) is 17.5. The molecule has 2 N–H and O–H groups in total. The van der Waals surface area contributed by atoms with E-state index >= 15 is 0 Å². The third-order valence-corrected chi connectivity index (χ3v) is 5.37. The fourth-order valence-electron chi connectivity index (χ4n) is 3.63. The highest BCUT2D eigenvalue weighted by Gasteiger charge is 2.17. The van der Waals surface area contributed by atoms with Crippen LogP contribution in [0.5, 0.6) is 11.5 Å². The molecule has 0 aliphatic carbocycles. The van der Waals surface area contributed by atoms with E-state index in [9.17, 15) is 0 Å². The number of benzene rings is 1. The molecule has 2 aliphatic heterocycles. The highest BCUT2D eigenvalue weighted by Crippen LogP contribution is 2.32. The van der Waals surface area contributed by atoms with Crippen molar-refractivity contribution in [2.45, 2.75) is 32.6 Å². The van der Waals surface area contributed by atoms with Gasteiger partial charge in [-0.1, -0.05) is 13.0 Å². The molecule has 2 heterocycles. The number of likely N-dealkylation sites (tertiary alicyclic amines) is 1. The number of guanidine groups is 1. The number of halogens is 1. The number of aliphatic imine (C=N–C) groups is 1. The van der Waals surface area contributed by atoms with Crippen LogP contribution < -0.4 is 20.1 Å². The average molecular weight is 488 g/mol. The van der Waals surface area contributed by atoms with Gasteiger partial charge in [-0.05, 0) is 68.9 Å². The lowest BCUT2D eigenvalue weighted by Crippen LogP contribution is -2.40. The van der Waals surface area contributed by atoms with Gasteiger partial charge in [-0.25, -0.2) is 0 Å². The molecule has 0 radical (unpaired) electrons. The van der Waals surface area contributed by atoms with Crippen molar-refractivity contribution in [3.8, 4) is 11.5 Å². The van der Waals surface area contributed by atoms with E-state index in [0.29, 0.717) is 6.79 Å². The lowest BCUT2D eigenvalue weighted by Gasteiger charge is -2.31. The van der Waals surface area contributed by atoms with Gasteiger partial charge in [0, 0.05) is 20.1 Å². The number of rotatable bonds is 7. The van der Waals surface area contributed by atoms with Gasteiger partial charge in [0.25, 0.3) is 0 Å². The Hall–Kier alpha value is -1.22. The van der Waals surface area contributed by atoms with E-state index in [4.69, 9.17) is 9.47 Å². The van der Waals surface area contributed by atoms with Gasteiger partial charge < -0.3 is 25.0 Å². The third kappa shape index (κ3) is 6.71. The summed E-state index contributed by atoms with van der Waals surface area (Å²) in [6.45, 7) is 8.10. The van der Waals surface area contributed by atoms with E-state index in [2.05, 4.69) is 39.6 Å². The maximum Gasteiger partial charge on any atom is 0.231 e. The molecule has 2 aliphatic rings. The molecule has 6 nitrogen and oxygen atoms in total. The summed E-state index contributed by atoms with van der Waals surface area (Å²) in [7, 11) is 1.83. The number of hydrogen-bond donors (Lipinski definition) is 2. The summed E-state index contributed by atoms with van der Waals surface area (Å²) in [5.74, 6) is 3.41. The number of ether oxygens (including phenoxy) is 2. The van der Waals surface area contributed by atoms with Crippen LogP contribution in [-0.2, 0) is 6.42 Å². The van der Waals surface area contributed by atoms with Crippen LogP contribution in [0.4, 0.5) is 0 Å². The monoisotopic (exact) mass is 488 g/mol. The Labute approximate surface area is 180 Å². The highest BCUT2D eigenvalue weighted by atomic mass is 127. The van der Waals surface area contributed by atoms with E-state index in [0.717, 1.165) is 42.9 Å². The van der Waals surface area contributed by atoms with Crippen molar-refractivity contribution in [2.75, 3.05) is 46.6 Å². The molecule has 27 heavy (non-hydrogen) atoms. The standard InChI is InChI=1S/C20H32N4O2.HI/c1-3-24-12-8-16(9-13-24)6-10-22-20(21-2)23-11-7-17-4-5-18-19(14-17)26-15-25-18;/h4-5,14,16H,3,6-13,15H2,1-2H3,(H2,21,22,23);1H. The Balaban J connectivity index is 0.00000261. The quantitative estimate of drug-likeness (QED) is 0.351. The lowest BCUT2D eigenvalue weighted by molar-refractivity contribution is 0.174. The van der Waals surface area contributed by atoms with E-state index in [1.807, 2.05) is 13.1 Å². The molecule has 0 bridgehead atoms. The third-order valence-electron chi connectivity index (χ3n) is 5.37. The molecule has 152 valence electrons. The number of nitrogens with one attached hydrogen (secondary N) is 2. The molecular formula is C20H33IN4O2. The van der Waals surface area contributed by atoms with E-state index in [-0.39, 0.29) is 24.0 Å².